The zero-order valence-electron chi connectivity index (χ0n) is 8.42. The molecule has 1 aromatic rings. The summed E-state index contributed by atoms with van der Waals surface area (Å²) in [6.45, 7) is 0.491. The van der Waals surface area contributed by atoms with Gasteiger partial charge in [0.1, 0.15) is 5.75 Å². The third-order valence-corrected chi connectivity index (χ3v) is 2.49. The molecular formula is C10H13BrN2O2. The summed E-state index contributed by atoms with van der Waals surface area (Å²) >= 11 is 3.35. The van der Waals surface area contributed by atoms with Crippen molar-refractivity contribution in [3.8, 4) is 5.75 Å². The maximum absolute atomic E-state index is 10.9. The number of likely N-dealkylation sites (N-methyl/N-ethyl adjacent to an activating group) is 1. The molecule has 1 amide bonds. The maximum atomic E-state index is 10.9. The molecule has 1 aromatic carbocycles. The molecule has 0 saturated heterocycles. The van der Waals surface area contributed by atoms with E-state index in [2.05, 4.69) is 21.2 Å². The lowest BCUT2D eigenvalue weighted by Crippen LogP contribution is -2.24. The van der Waals surface area contributed by atoms with Gasteiger partial charge in [-0.15, -0.1) is 0 Å². The Hall–Kier alpha value is -1.07. The Morgan fingerprint density at radius 1 is 1.60 bits per heavy atom. The van der Waals surface area contributed by atoms with Crippen LogP contribution in [0.5, 0.6) is 5.75 Å². The molecule has 0 aliphatic carbocycles. The largest absolute Gasteiger partial charge is 0.483 e. The number of carbonyl (C=O) groups excluding carboxylic acids is 1. The smallest absolute Gasteiger partial charge is 0.257 e. The van der Waals surface area contributed by atoms with Gasteiger partial charge < -0.3 is 15.8 Å². The van der Waals surface area contributed by atoms with Gasteiger partial charge in [0.05, 0.1) is 4.47 Å². The van der Waals surface area contributed by atoms with Gasteiger partial charge in [-0.05, 0) is 33.6 Å². The van der Waals surface area contributed by atoms with Crippen molar-refractivity contribution >= 4 is 21.8 Å². The van der Waals surface area contributed by atoms with Crippen LogP contribution in [0.3, 0.4) is 0 Å². The average Bonchev–Trinajstić information content (AvgIpc) is 2.26. The van der Waals surface area contributed by atoms with E-state index in [1.807, 2.05) is 12.1 Å². The van der Waals surface area contributed by atoms with Crippen LogP contribution in [0.1, 0.15) is 5.56 Å². The van der Waals surface area contributed by atoms with Crippen LogP contribution in [0.15, 0.2) is 22.7 Å². The SMILES string of the molecule is CNC(=O)COc1ccc(CN)cc1Br. The third-order valence-electron chi connectivity index (χ3n) is 1.87. The van der Waals surface area contributed by atoms with E-state index in [0.29, 0.717) is 12.3 Å². The van der Waals surface area contributed by atoms with E-state index in [1.54, 1.807) is 13.1 Å². The monoisotopic (exact) mass is 272 g/mol. The second-order valence-corrected chi connectivity index (χ2v) is 3.79. The number of hydrogen-bond acceptors (Lipinski definition) is 3. The van der Waals surface area contributed by atoms with E-state index in [9.17, 15) is 4.79 Å². The van der Waals surface area contributed by atoms with E-state index < -0.39 is 0 Å². The molecule has 5 heteroatoms. The van der Waals surface area contributed by atoms with Crippen molar-refractivity contribution in [3.63, 3.8) is 0 Å². The van der Waals surface area contributed by atoms with Crippen LogP contribution in [0.2, 0.25) is 0 Å². The van der Waals surface area contributed by atoms with E-state index in [-0.39, 0.29) is 12.5 Å². The molecule has 0 aliphatic heterocycles. The topological polar surface area (TPSA) is 64.3 Å². The Morgan fingerprint density at radius 2 is 2.33 bits per heavy atom. The number of amides is 1. The summed E-state index contributed by atoms with van der Waals surface area (Å²) in [5.41, 5.74) is 6.50. The van der Waals surface area contributed by atoms with Crippen LogP contribution in [0.25, 0.3) is 0 Å². The minimum atomic E-state index is -0.162. The van der Waals surface area contributed by atoms with Gasteiger partial charge >= 0.3 is 0 Å². The highest BCUT2D eigenvalue weighted by Crippen LogP contribution is 2.25. The van der Waals surface area contributed by atoms with E-state index >= 15 is 0 Å². The molecule has 0 heterocycles. The Labute approximate surface area is 96.9 Å². The predicted molar refractivity (Wildman–Crippen MR) is 61.6 cm³/mol. The van der Waals surface area contributed by atoms with Crippen LogP contribution < -0.4 is 15.8 Å². The summed E-state index contributed by atoms with van der Waals surface area (Å²) < 4.78 is 6.09. The summed E-state index contributed by atoms with van der Waals surface area (Å²) in [6, 6.07) is 5.53. The van der Waals surface area contributed by atoms with Crippen molar-refractivity contribution < 1.29 is 9.53 Å². The number of rotatable bonds is 4. The normalized spacial score (nSPS) is 9.80. The van der Waals surface area contributed by atoms with Gasteiger partial charge in [0.25, 0.3) is 5.91 Å². The fourth-order valence-corrected chi connectivity index (χ4v) is 1.54. The first-order chi connectivity index (χ1) is 7.17. The molecule has 0 aromatic heterocycles. The second kappa shape index (κ2) is 5.72. The number of nitrogens with one attached hydrogen (secondary N) is 1. The molecule has 15 heavy (non-hydrogen) atoms. The van der Waals surface area contributed by atoms with Crippen LogP contribution in [-0.2, 0) is 11.3 Å². The summed E-state index contributed by atoms with van der Waals surface area (Å²) in [4.78, 5) is 10.9. The minimum absolute atomic E-state index is 0.0110. The summed E-state index contributed by atoms with van der Waals surface area (Å²) in [5.74, 6) is 0.473. The number of nitrogens with two attached hydrogens (primary N) is 1. The van der Waals surface area contributed by atoms with Crippen molar-refractivity contribution in [3.05, 3.63) is 28.2 Å². The van der Waals surface area contributed by atoms with Crippen molar-refractivity contribution in [1.29, 1.82) is 0 Å². The summed E-state index contributed by atoms with van der Waals surface area (Å²) in [5, 5.41) is 2.48. The van der Waals surface area contributed by atoms with Gasteiger partial charge in [0.2, 0.25) is 0 Å². The van der Waals surface area contributed by atoms with Crippen molar-refractivity contribution in [2.24, 2.45) is 5.73 Å². The predicted octanol–water partition coefficient (Wildman–Crippen LogP) is 1.03. The van der Waals surface area contributed by atoms with Gasteiger partial charge in [-0.3, -0.25) is 4.79 Å². The molecule has 0 unspecified atom stereocenters. The average molecular weight is 273 g/mol. The van der Waals surface area contributed by atoms with Crippen LogP contribution in [0.4, 0.5) is 0 Å². The molecular weight excluding hydrogens is 260 g/mol. The van der Waals surface area contributed by atoms with Crippen molar-refractivity contribution in [2.75, 3.05) is 13.7 Å². The highest BCUT2D eigenvalue weighted by Gasteiger charge is 2.04. The quantitative estimate of drug-likeness (QED) is 0.861. The summed E-state index contributed by atoms with van der Waals surface area (Å²) in [6.07, 6.45) is 0. The number of benzene rings is 1. The zero-order valence-corrected chi connectivity index (χ0v) is 10.0. The van der Waals surface area contributed by atoms with Crippen molar-refractivity contribution in [1.82, 2.24) is 5.32 Å². The van der Waals surface area contributed by atoms with Crippen molar-refractivity contribution in [2.45, 2.75) is 6.54 Å². The fraction of sp³-hybridized carbons (Fsp3) is 0.300. The van der Waals surface area contributed by atoms with Gasteiger partial charge in [0.15, 0.2) is 6.61 Å². The maximum Gasteiger partial charge on any atom is 0.257 e. The Bertz CT molecular complexity index is 355. The number of ether oxygens (including phenoxy) is 1. The molecule has 82 valence electrons. The molecule has 0 spiro atoms. The first kappa shape index (κ1) is 12.0. The molecule has 0 fully saturated rings. The number of halogens is 1. The summed E-state index contributed by atoms with van der Waals surface area (Å²) in [7, 11) is 1.57. The standard InChI is InChI=1S/C10H13BrN2O2/c1-13-10(14)6-15-9-3-2-7(5-12)4-8(9)11/h2-4H,5-6,12H2,1H3,(H,13,14). The molecule has 0 radical (unpaired) electrons. The molecule has 0 atom stereocenters. The molecule has 1 rings (SSSR count). The second-order valence-electron chi connectivity index (χ2n) is 2.93. The lowest BCUT2D eigenvalue weighted by Gasteiger charge is -2.08. The van der Waals surface area contributed by atoms with E-state index in [0.717, 1.165) is 10.0 Å². The highest BCUT2D eigenvalue weighted by atomic mass is 79.9. The van der Waals surface area contributed by atoms with Gasteiger partial charge in [-0.2, -0.15) is 0 Å². The zero-order chi connectivity index (χ0) is 11.3. The fourth-order valence-electron chi connectivity index (χ4n) is 1.00. The third kappa shape index (κ3) is 3.53. The molecule has 3 N–H and O–H groups in total. The highest BCUT2D eigenvalue weighted by molar-refractivity contribution is 9.10. The Kier molecular flexibility index (Phi) is 4.58. The molecule has 0 bridgehead atoms. The van der Waals surface area contributed by atoms with Crippen LogP contribution in [0, 0.1) is 0 Å². The lowest BCUT2D eigenvalue weighted by molar-refractivity contribution is -0.122. The van der Waals surface area contributed by atoms with Gasteiger partial charge in [-0.25, -0.2) is 0 Å². The van der Waals surface area contributed by atoms with Crippen LogP contribution in [-0.4, -0.2) is 19.6 Å². The van der Waals surface area contributed by atoms with Gasteiger partial charge in [-0.1, -0.05) is 6.07 Å². The molecule has 0 aliphatic rings. The lowest BCUT2D eigenvalue weighted by atomic mass is 10.2. The number of hydrogen-bond donors (Lipinski definition) is 2. The first-order valence-electron chi connectivity index (χ1n) is 4.49. The number of carbonyl (C=O) groups is 1. The molecule has 0 saturated carbocycles. The van der Waals surface area contributed by atoms with Crippen LogP contribution >= 0.6 is 15.9 Å². The van der Waals surface area contributed by atoms with E-state index in [4.69, 9.17) is 10.5 Å². The Morgan fingerprint density at radius 3 is 2.87 bits per heavy atom. The van der Waals surface area contributed by atoms with Gasteiger partial charge in [0, 0.05) is 13.6 Å². The Balaban J connectivity index is 2.66. The molecule has 4 nitrogen and oxygen atoms in total. The first-order valence-corrected chi connectivity index (χ1v) is 5.28. The minimum Gasteiger partial charge on any atom is -0.483 e. The van der Waals surface area contributed by atoms with E-state index in [1.165, 1.54) is 0 Å².